The Morgan fingerprint density at radius 2 is 1.57 bits per heavy atom. The maximum Gasteiger partial charge on any atom is 0.210 e. The smallest absolute Gasteiger partial charge is 0.210 e. The van der Waals surface area contributed by atoms with Gasteiger partial charge < -0.3 is 9.84 Å². The van der Waals surface area contributed by atoms with E-state index in [-0.39, 0.29) is 22.1 Å². The van der Waals surface area contributed by atoms with Gasteiger partial charge in [-0.15, -0.1) is 0 Å². The number of benzene rings is 3. The van der Waals surface area contributed by atoms with Gasteiger partial charge in [-0.3, -0.25) is 0 Å². The van der Waals surface area contributed by atoms with E-state index < -0.39 is 9.84 Å². The van der Waals surface area contributed by atoms with E-state index in [4.69, 9.17) is 4.74 Å². The van der Waals surface area contributed by atoms with Gasteiger partial charge in [0.15, 0.2) is 5.75 Å². The summed E-state index contributed by atoms with van der Waals surface area (Å²) in [4.78, 5) is 0.180. The van der Waals surface area contributed by atoms with E-state index in [9.17, 15) is 13.5 Å². The fourth-order valence-corrected chi connectivity index (χ4v) is 4.10. The van der Waals surface area contributed by atoms with Gasteiger partial charge in [0.05, 0.1) is 17.1 Å². The number of ether oxygens (including phenoxy) is 1. The summed E-state index contributed by atoms with van der Waals surface area (Å²) in [5, 5.41) is 9.75. The second-order valence-electron chi connectivity index (χ2n) is 5.97. The average molecular weight is 392 g/mol. The van der Waals surface area contributed by atoms with Crippen molar-refractivity contribution >= 4 is 9.84 Å². The van der Waals surface area contributed by atoms with Crippen molar-refractivity contribution in [3.8, 4) is 23.3 Å². The first-order valence-electron chi connectivity index (χ1n) is 8.86. The number of aliphatic hydroxyl groups is 1. The van der Waals surface area contributed by atoms with Crippen LogP contribution in [0.3, 0.4) is 0 Å². The van der Waals surface area contributed by atoms with Crippen LogP contribution in [0.1, 0.15) is 24.5 Å². The van der Waals surface area contributed by atoms with Crippen molar-refractivity contribution in [3.05, 3.63) is 83.9 Å². The van der Waals surface area contributed by atoms with Crippen molar-refractivity contribution in [2.75, 3.05) is 0 Å². The van der Waals surface area contributed by atoms with Crippen LogP contribution < -0.4 is 4.74 Å². The van der Waals surface area contributed by atoms with Crippen LogP contribution in [0.2, 0.25) is 0 Å². The van der Waals surface area contributed by atoms with Gasteiger partial charge in [0.25, 0.3) is 0 Å². The molecule has 142 valence electrons. The van der Waals surface area contributed by atoms with Gasteiger partial charge in [0, 0.05) is 6.42 Å². The molecule has 3 rings (SSSR count). The zero-order chi connectivity index (χ0) is 20.0. The zero-order valence-electron chi connectivity index (χ0n) is 15.4. The first-order chi connectivity index (χ1) is 13.6. The molecule has 0 aliphatic rings. The third-order valence-electron chi connectivity index (χ3n) is 4.07. The summed E-state index contributed by atoms with van der Waals surface area (Å²) < 4.78 is 32.6. The Morgan fingerprint density at radius 1 is 0.929 bits per heavy atom. The Kier molecular flexibility index (Phi) is 6.15. The molecule has 0 amide bonds. The molecule has 0 atom stereocenters. The van der Waals surface area contributed by atoms with Crippen LogP contribution >= 0.6 is 0 Å². The highest BCUT2D eigenvalue weighted by Gasteiger charge is 2.26. The Morgan fingerprint density at radius 3 is 2.18 bits per heavy atom. The predicted molar refractivity (Wildman–Crippen MR) is 108 cm³/mol. The summed E-state index contributed by atoms with van der Waals surface area (Å²) >= 11 is 0. The SMILES string of the molecule is CCC#Cc1c(CO)ccc(S(=O)(=O)c2ccccc2)c1Oc1ccccc1. The summed E-state index contributed by atoms with van der Waals surface area (Å²) in [6.45, 7) is 1.62. The molecule has 0 fully saturated rings. The lowest BCUT2D eigenvalue weighted by Gasteiger charge is -2.16. The van der Waals surface area contributed by atoms with Gasteiger partial charge in [-0.1, -0.05) is 61.2 Å². The van der Waals surface area contributed by atoms with Gasteiger partial charge >= 0.3 is 0 Å². The number of hydrogen-bond donors (Lipinski definition) is 1. The Balaban J connectivity index is 2.27. The van der Waals surface area contributed by atoms with Crippen molar-refractivity contribution < 1.29 is 18.3 Å². The third-order valence-corrected chi connectivity index (χ3v) is 5.87. The van der Waals surface area contributed by atoms with Crippen LogP contribution in [0, 0.1) is 11.8 Å². The van der Waals surface area contributed by atoms with Crippen molar-refractivity contribution in [2.24, 2.45) is 0 Å². The minimum atomic E-state index is -3.84. The topological polar surface area (TPSA) is 63.6 Å². The van der Waals surface area contributed by atoms with Crippen LogP contribution in [0.25, 0.3) is 0 Å². The van der Waals surface area contributed by atoms with Crippen molar-refractivity contribution in [3.63, 3.8) is 0 Å². The van der Waals surface area contributed by atoms with Crippen molar-refractivity contribution in [1.82, 2.24) is 0 Å². The highest BCUT2D eigenvalue weighted by Crippen LogP contribution is 2.37. The minimum Gasteiger partial charge on any atom is -0.455 e. The van der Waals surface area contributed by atoms with Crippen LogP contribution in [0.4, 0.5) is 0 Å². The van der Waals surface area contributed by atoms with Crippen molar-refractivity contribution in [1.29, 1.82) is 0 Å². The molecule has 3 aromatic carbocycles. The summed E-state index contributed by atoms with van der Waals surface area (Å²) in [6.07, 6.45) is 0.589. The zero-order valence-corrected chi connectivity index (χ0v) is 16.2. The first kappa shape index (κ1) is 19.7. The molecule has 4 nitrogen and oxygen atoms in total. The number of para-hydroxylation sites is 1. The molecule has 0 spiro atoms. The minimum absolute atomic E-state index is 0.0140. The molecule has 1 N–H and O–H groups in total. The molecule has 0 saturated carbocycles. The molecule has 0 aromatic heterocycles. The molecule has 0 aliphatic carbocycles. The summed E-state index contributed by atoms with van der Waals surface area (Å²) in [6, 6.07) is 20.1. The summed E-state index contributed by atoms with van der Waals surface area (Å²) in [7, 11) is -3.84. The summed E-state index contributed by atoms with van der Waals surface area (Å²) in [5.41, 5.74) is 0.893. The molecular weight excluding hydrogens is 372 g/mol. The number of aliphatic hydroxyl groups excluding tert-OH is 1. The molecule has 0 unspecified atom stereocenters. The lowest BCUT2D eigenvalue weighted by molar-refractivity contribution is 0.280. The van der Waals surface area contributed by atoms with E-state index in [1.807, 2.05) is 13.0 Å². The van der Waals surface area contributed by atoms with E-state index in [1.165, 1.54) is 6.07 Å². The Labute approximate surface area is 165 Å². The molecule has 28 heavy (non-hydrogen) atoms. The molecule has 0 heterocycles. The fourth-order valence-electron chi connectivity index (χ4n) is 2.70. The first-order valence-corrected chi connectivity index (χ1v) is 10.3. The standard InChI is InChI=1S/C23H20O4S/c1-2-3-14-21-18(17-24)15-16-22(23(21)27-19-10-6-4-7-11-19)28(25,26)20-12-8-5-9-13-20/h4-13,15-16,24H,2,17H2,1H3. The maximum atomic E-state index is 13.3. The van der Waals surface area contributed by atoms with Gasteiger partial charge in [-0.05, 0) is 35.9 Å². The van der Waals surface area contributed by atoms with Gasteiger partial charge in [0.2, 0.25) is 9.84 Å². The molecule has 5 heteroatoms. The number of rotatable bonds is 5. The van der Waals surface area contributed by atoms with E-state index in [0.717, 1.165) is 0 Å². The van der Waals surface area contributed by atoms with E-state index in [0.29, 0.717) is 23.3 Å². The Hall–Kier alpha value is -3.07. The third kappa shape index (κ3) is 4.09. The monoisotopic (exact) mass is 392 g/mol. The molecule has 0 radical (unpaired) electrons. The second kappa shape index (κ2) is 8.75. The largest absolute Gasteiger partial charge is 0.455 e. The predicted octanol–water partition coefficient (Wildman–Crippen LogP) is 4.57. The molecule has 0 aliphatic heterocycles. The van der Waals surface area contributed by atoms with Gasteiger partial charge in [-0.25, -0.2) is 8.42 Å². The van der Waals surface area contributed by atoms with Crippen LogP contribution in [-0.4, -0.2) is 13.5 Å². The lowest BCUT2D eigenvalue weighted by Crippen LogP contribution is -2.07. The number of sulfone groups is 1. The van der Waals surface area contributed by atoms with Crippen LogP contribution in [0.15, 0.2) is 82.6 Å². The Bertz CT molecular complexity index is 1110. The highest BCUT2D eigenvalue weighted by molar-refractivity contribution is 7.91. The van der Waals surface area contributed by atoms with Crippen LogP contribution in [-0.2, 0) is 16.4 Å². The summed E-state index contributed by atoms with van der Waals surface area (Å²) in [5.74, 6) is 6.53. The molecule has 0 bridgehead atoms. The highest BCUT2D eigenvalue weighted by atomic mass is 32.2. The van der Waals surface area contributed by atoms with E-state index in [2.05, 4.69) is 11.8 Å². The molecular formula is C23H20O4S. The quantitative estimate of drug-likeness (QED) is 0.646. The van der Waals surface area contributed by atoms with Crippen molar-refractivity contribution in [2.45, 2.75) is 29.7 Å². The van der Waals surface area contributed by atoms with E-state index >= 15 is 0 Å². The van der Waals surface area contributed by atoms with E-state index in [1.54, 1.807) is 60.7 Å². The maximum absolute atomic E-state index is 13.3. The van der Waals surface area contributed by atoms with Gasteiger partial charge in [0.1, 0.15) is 10.6 Å². The van der Waals surface area contributed by atoms with Crippen LogP contribution in [0.5, 0.6) is 11.5 Å². The lowest BCUT2D eigenvalue weighted by atomic mass is 10.1. The number of hydrogen-bond acceptors (Lipinski definition) is 4. The fraction of sp³-hybridized carbons (Fsp3) is 0.130. The normalized spacial score (nSPS) is 10.8. The molecule has 0 saturated heterocycles. The average Bonchev–Trinajstić information content (AvgIpc) is 2.73. The van der Waals surface area contributed by atoms with Gasteiger partial charge in [-0.2, -0.15) is 0 Å². The molecule has 3 aromatic rings. The second-order valence-corrected chi connectivity index (χ2v) is 7.89.